The Morgan fingerprint density at radius 2 is 1.49 bits per heavy atom. The first-order valence-corrected chi connectivity index (χ1v) is 20.8. The summed E-state index contributed by atoms with van der Waals surface area (Å²) >= 11 is 6.40. The minimum atomic E-state index is -2.25. The lowest BCUT2D eigenvalue weighted by Crippen LogP contribution is -2.55. The van der Waals surface area contributed by atoms with E-state index in [2.05, 4.69) is 90.0 Å². The van der Waals surface area contributed by atoms with Gasteiger partial charge in [0.2, 0.25) is 0 Å². The molecule has 11 heteroatoms. The largest absolute Gasteiger partial charge is 0.413 e. The van der Waals surface area contributed by atoms with Crippen LogP contribution in [0.25, 0.3) is 0 Å². The van der Waals surface area contributed by atoms with Crippen LogP contribution in [0.5, 0.6) is 0 Å². The number of carbonyl (C=O) groups excluding carboxylic acids is 2. The third-order valence-corrected chi connectivity index (χ3v) is 18.3. The minimum Gasteiger partial charge on any atom is -0.413 e. The number of nitriles is 1. The molecule has 3 N–H and O–H groups in total. The van der Waals surface area contributed by atoms with E-state index in [1.807, 2.05) is 19.1 Å². The SMILES string of the molecule is Cc1c(NC(C(=O)NNC(=O)c2ccc(CO[Si](C)(C)C(C)(C)C)cc2)C(C)O[Si](C)(C)C(C)(C)C)ccc(C#N)c1Cl. The molecule has 0 aliphatic rings. The fraction of sp³-hybridized carbons (Fsp3) is 0.531. The van der Waals surface area contributed by atoms with Gasteiger partial charge in [-0.1, -0.05) is 65.3 Å². The van der Waals surface area contributed by atoms with Crippen LogP contribution in [0.1, 0.15) is 75.5 Å². The molecule has 2 rings (SSSR count). The van der Waals surface area contributed by atoms with Gasteiger partial charge in [0.15, 0.2) is 16.6 Å². The van der Waals surface area contributed by atoms with Gasteiger partial charge in [0.05, 0.1) is 23.3 Å². The normalized spacial score (nSPS) is 14.0. The van der Waals surface area contributed by atoms with Crippen molar-refractivity contribution in [3.8, 4) is 6.07 Å². The third-order valence-electron chi connectivity index (χ3n) is 8.78. The molecular formula is C32H49ClN4O4Si2. The van der Waals surface area contributed by atoms with Gasteiger partial charge in [0, 0.05) is 11.3 Å². The second kappa shape index (κ2) is 14.0. The van der Waals surface area contributed by atoms with Crippen LogP contribution in [-0.4, -0.2) is 40.6 Å². The Balaban J connectivity index is 2.19. The molecule has 0 heterocycles. The smallest absolute Gasteiger partial charge is 0.269 e. The zero-order valence-electron chi connectivity index (χ0n) is 27.8. The standard InChI is InChI=1S/C32H49ClN4O4Si2/c1-21-26(18-17-25(19-34)27(21)33)35-28(22(2)41-43(11,12)32(6,7)8)30(39)37-36-29(38)24-15-13-23(14-16-24)20-40-42(9,10)31(3,4)5/h13-18,22,28,35H,20H2,1-12H3,(H,36,38)(H,37,39). The minimum absolute atomic E-state index is 0.0773. The van der Waals surface area contributed by atoms with Gasteiger partial charge >= 0.3 is 0 Å². The molecule has 43 heavy (non-hydrogen) atoms. The van der Waals surface area contributed by atoms with Gasteiger partial charge < -0.3 is 14.2 Å². The molecule has 0 bridgehead atoms. The highest BCUT2D eigenvalue weighted by molar-refractivity contribution is 6.74. The highest BCUT2D eigenvalue weighted by atomic mass is 35.5. The van der Waals surface area contributed by atoms with E-state index in [-0.39, 0.29) is 10.1 Å². The Morgan fingerprint density at radius 1 is 0.930 bits per heavy atom. The Kier molecular flexibility index (Phi) is 11.8. The molecule has 0 aromatic heterocycles. The van der Waals surface area contributed by atoms with E-state index in [0.717, 1.165) is 5.56 Å². The van der Waals surface area contributed by atoms with E-state index >= 15 is 0 Å². The van der Waals surface area contributed by atoms with Crippen molar-refractivity contribution in [3.05, 3.63) is 63.7 Å². The fourth-order valence-corrected chi connectivity index (χ4v) is 6.29. The number of hydrogen-bond acceptors (Lipinski definition) is 6. The zero-order valence-corrected chi connectivity index (χ0v) is 30.5. The van der Waals surface area contributed by atoms with E-state index in [4.69, 9.17) is 20.5 Å². The summed E-state index contributed by atoms with van der Waals surface area (Å²) in [6.07, 6.45) is -0.549. The topological polar surface area (TPSA) is 112 Å². The number of rotatable bonds is 10. The van der Waals surface area contributed by atoms with Crippen LogP contribution < -0.4 is 16.2 Å². The maximum Gasteiger partial charge on any atom is 0.269 e. The van der Waals surface area contributed by atoms with E-state index in [1.54, 1.807) is 31.2 Å². The first-order chi connectivity index (χ1) is 19.6. The molecule has 0 radical (unpaired) electrons. The van der Waals surface area contributed by atoms with Crippen LogP contribution in [0, 0.1) is 18.3 Å². The number of hydrogen-bond donors (Lipinski definition) is 3. The van der Waals surface area contributed by atoms with Crippen LogP contribution in [0.2, 0.25) is 41.3 Å². The lowest BCUT2D eigenvalue weighted by Gasteiger charge is -2.40. The Hall–Kier alpha value is -2.69. The third kappa shape index (κ3) is 9.40. The number of anilines is 1. The van der Waals surface area contributed by atoms with Gasteiger partial charge in [-0.2, -0.15) is 5.26 Å². The average Bonchev–Trinajstić information content (AvgIpc) is 2.90. The Bertz CT molecular complexity index is 1340. The Labute approximate surface area is 265 Å². The lowest BCUT2D eigenvalue weighted by atomic mass is 10.1. The maximum absolute atomic E-state index is 13.5. The van der Waals surface area contributed by atoms with Gasteiger partial charge in [-0.15, -0.1) is 0 Å². The van der Waals surface area contributed by atoms with Gasteiger partial charge in [0.25, 0.3) is 11.8 Å². The summed E-state index contributed by atoms with van der Waals surface area (Å²) in [4.78, 5) is 26.5. The molecule has 0 saturated carbocycles. The van der Waals surface area contributed by atoms with Gasteiger partial charge in [-0.25, -0.2) is 0 Å². The average molecular weight is 645 g/mol. The zero-order chi connectivity index (χ0) is 33.0. The number of hydrazine groups is 1. The molecule has 2 amide bonds. The predicted molar refractivity (Wildman–Crippen MR) is 180 cm³/mol. The van der Waals surface area contributed by atoms with Gasteiger partial charge in [0.1, 0.15) is 12.1 Å². The van der Waals surface area contributed by atoms with E-state index in [0.29, 0.717) is 34.0 Å². The second-order valence-corrected chi connectivity index (χ2v) is 24.0. The summed E-state index contributed by atoms with van der Waals surface area (Å²) in [5, 5.41) is 12.9. The van der Waals surface area contributed by atoms with Crippen LogP contribution >= 0.6 is 11.6 Å². The summed E-state index contributed by atoms with van der Waals surface area (Å²) in [6.45, 7) is 25.7. The summed E-state index contributed by atoms with van der Waals surface area (Å²) in [5.74, 6) is -0.918. The molecule has 0 saturated heterocycles. The van der Waals surface area contributed by atoms with Crippen molar-refractivity contribution in [3.63, 3.8) is 0 Å². The van der Waals surface area contributed by atoms with E-state index in [9.17, 15) is 14.9 Å². The van der Waals surface area contributed by atoms with Crippen LogP contribution in [0.4, 0.5) is 5.69 Å². The van der Waals surface area contributed by atoms with E-state index in [1.165, 1.54) is 0 Å². The molecule has 2 aromatic rings. The number of halogens is 1. The van der Waals surface area contributed by atoms with Crippen LogP contribution in [0.3, 0.4) is 0 Å². The first-order valence-electron chi connectivity index (χ1n) is 14.6. The molecule has 2 aromatic carbocycles. The van der Waals surface area contributed by atoms with Crippen molar-refractivity contribution in [1.82, 2.24) is 10.9 Å². The summed E-state index contributed by atoms with van der Waals surface area (Å²) < 4.78 is 12.8. The number of nitrogens with zero attached hydrogens (tertiary/aromatic N) is 1. The lowest BCUT2D eigenvalue weighted by molar-refractivity contribution is -0.124. The highest BCUT2D eigenvalue weighted by Crippen LogP contribution is 2.38. The molecule has 0 fully saturated rings. The molecular weight excluding hydrogens is 596 g/mol. The molecule has 2 atom stereocenters. The van der Waals surface area contributed by atoms with Gasteiger partial charge in [-0.3, -0.25) is 20.4 Å². The molecule has 236 valence electrons. The number of benzene rings is 2. The van der Waals surface area contributed by atoms with Crippen molar-refractivity contribution in [2.24, 2.45) is 0 Å². The van der Waals surface area contributed by atoms with Crippen molar-refractivity contribution in [2.75, 3.05) is 5.32 Å². The molecule has 2 unspecified atom stereocenters. The summed E-state index contributed by atoms with van der Waals surface area (Å²) in [5.41, 5.74) is 8.07. The molecule has 0 aliphatic carbocycles. The van der Waals surface area contributed by atoms with Crippen molar-refractivity contribution in [1.29, 1.82) is 5.26 Å². The maximum atomic E-state index is 13.5. The second-order valence-electron chi connectivity index (χ2n) is 14.1. The van der Waals surface area contributed by atoms with Crippen LogP contribution in [-0.2, 0) is 20.3 Å². The van der Waals surface area contributed by atoms with Crippen molar-refractivity contribution >= 4 is 45.7 Å². The quantitative estimate of drug-likeness (QED) is 0.181. The van der Waals surface area contributed by atoms with Crippen molar-refractivity contribution < 1.29 is 18.4 Å². The molecule has 8 nitrogen and oxygen atoms in total. The summed E-state index contributed by atoms with van der Waals surface area (Å²) in [7, 11) is -4.15. The number of amides is 2. The number of carbonyl (C=O) groups is 2. The monoisotopic (exact) mass is 644 g/mol. The Morgan fingerprint density at radius 3 is 2.00 bits per heavy atom. The molecule has 0 aliphatic heterocycles. The first kappa shape index (κ1) is 36.5. The summed E-state index contributed by atoms with van der Waals surface area (Å²) in [6, 6.07) is 11.7. The fourth-order valence-electron chi connectivity index (χ4n) is 3.70. The molecule has 0 spiro atoms. The van der Waals surface area contributed by atoms with Crippen molar-refractivity contribution in [2.45, 2.75) is 110 Å². The predicted octanol–water partition coefficient (Wildman–Crippen LogP) is 7.69. The van der Waals surface area contributed by atoms with E-state index < -0.39 is 40.6 Å². The van der Waals surface area contributed by atoms with Gasteiger partial charge in [-0.05, 0) is 85.5 Å². The number of nitrogens with one attached hydrogen (secondary N) is 3. The van der Waals surface area contributed by atoms with Crippen LogP contribution in [0.15, 0.2) is 36.4 Å². The highest BCUT2D eigenvalue weighted by Gasteiger charge is 2.41.